The third-order valence-corrected chi connectivity index (χ3v) is 6.79. The van der Waals surface area contributed by atoms with E-state index >= 15 is 0 Å². The van der Waals surface area contributed by atoms with E-state index in [1.807, 2.05) is 53.4 Å². The molecule has 0 saturated carbocycles. The zero-order valence-corrected chi connectivity index (χ0v) is 18.1. The number of hydrogen-bond donors (Lipinski definition) is 0. The van der Waals surface area contributed by atoms with E-state index in [-0.39, 0.29) is 11.9 Å². The van der Waals surface area contributed by atoms with Gasteiger partial charge in [-0.15, -0.1) is 11.3 Å². The van der Waals surface area contributed by atoms with E-state index in [4.69, 9.17) is 10.2 Å². The Morgan fingerprint density at radius 1 is 1.13 bits per heavy atom. The highest BCUT2D eigenvalue weighted by Crippen LogP contribution is 2.39. The van der Waals surface area contributed by atoms with Crippen LogP contribution in [0.15, 0.2) is 76.0 Å². The van der Waals surface area contributed by atoms with Crippen molar-refractivity contribution in [3.8, 4) is 16.9 Å². The van der Waals surface area contributed by atoms with Crippen LogP contribution in [0.25, 0.3) is 16.9 Å². The predicted molar refractivity (Wildman–Crippen MR) is 122 cm³/mol. The first-order chi connectivity index (χ1) is 14.7. The molecule has 5 rings (SSSR count). The summed E-state index contributed by atoms with van der Waals surface area (Å²) in [5.74, 6) is 0.0234. The van der Waals surface area contributed by atoms with Crippen molar-refractivity contribution in [2.45, 2.75) is 25.8 Å². The fraction of sp³-hybridized carbons (Fsp3) is 0.174. The molecule has 1 aliphatic heterocycles. The summed E-state index contributed by atoms with van der Waals surface area (Å²) in [5.41, 5.74) is 4.95. The van der Waals surface area contributed by atoms with E-state index in [1.54, 1.807) is 27.7 Å². The maximum absolute atomic E-state index is 12.8. The monoisotopic (exact) mass is 432 g/mol. The summed E-state index contributed by atoms with van der Waals surface area (Å²) in [6.07, 6.45) is 3.15. The largest absolute Gasteiger partial charge is 0.273 e. The van der Waals surface area contributed by atoms with Crippen LogP contribution in [0, 0.1) is 0 Å². The van der Waals surface area contributed by atoms with Crippen molar-refractivity contribution in [2.24, 2.45) is 5.10 Å². The molecule has 30 heavy (non-hydrogen) atoms. The molecule has 0 saturated heterocycles. The molecule has 1 aliphatic rings. The molecule has 7 heteroatoms. The van der Waals surface area contributed by atoms with Crippen molar-refractivity contribution in [1.82, 2.24) is 14.8 Å². The Hall–Kier alpha value is -3.03. The van der Waals surface area contributed by atoms with Crippen LogP contribution in [0.1, 0.15) is 36.2 Å². The SMILES string of the molecule is CCC(=O)N1N=C(c2cccs2)C[C@@H]1c1cn(-c2ccccc2)nc1-c1ccsc1. The Kier molecular flexibility index (Phi) is 5.06. The van der Waals surface area contributed by atoms with Crippen LogP contribution in [-0.2, 0) is 4.79 Å². The smallest absolute Gasteiger partial charge is 0.242 e. The van der Waals surface area contributed by atoms with Gasteiger partial charge in [-0.3, -0.25) is 4.79 Å². The van der Waals surface area contributed by atoms with Gasteiger partial charge in [-0.1, -0.05) is 31.2 Å². The van der Waals surface area contributed by atoms with Crippen molar-refractivity contribution in [3.63, 3.8) is 0 Å². The molecule has 1 atom stereocenters. The summed E-state index contributed by atoms with van der Waals surface area (Å²) >= 11 is 3.30. The van der Waals surface area contributed by atoms with Crippen LogP contribution in [-0.4, -0.2) is 26.4 Å². The fourth-order valence-corrected chi connectivity index (χ4v) is 5.07. The maximum atomic E-state index is 12.8. The molecule has 3 aromatic heterocycles. The number of hydrazone groups is 1. The first kappa shape index (κ1) is 19.0. The number of benzene rings is 1. The molecule has 150 valence electrons. The summed E-state index contributed by atoms with van der Waals surface area (Å²) in [4.78, 5) is 13.9. The highest BCUT2D eigenvalue weighted by molar-refractivity contribution is 7.12. The highest BCUT2D eigenvalue weighted by atomic mass is 32.1. The van der Waals surface area contributed by atoms with Crippen molar-refractivity contribution in [2.75, 3.05) is 0 Å². The van der Waals surface area contributed by atoms with Gasteiger partial charge in [0, 0.05) is 35.5 Å². The van der Waals surface area contributed by atoms with Crippen molar-refractivity contribution < 1.29 is 4.79 Å². The molecule has 1 aromatic carbocycles. The van der Waals surface area contributed by atoms with Crippen LogP contribution in [0.5, 0.6) is 0 Å². The Balaban J connectivity index is 1.61. The third kappa shape index (κ3) is 3.40. The minimum absolute atomic E-state index is 0.0234. The number of carbonyl (C=O) groups excluding carboxylic acids is 1. The number of para-hydroxylation sites is 1. The van der Waals surface area contributed by atoms with Crippen molar-refractivity contribution in [1.29, 1.82) is 0 Å². The van der Waals surface area contributed by atoms with Crippen LogP contribution in [0.3, 0.4) is 0 Å². The molecule has 4 heterocycles. The lowest BCUT2D eigenvalue weighted by molar-refractivity contribution is -0.132. The lowest BCUT2D eigenvalue weighted by atomic mass is 9.99. The van der Waals surface area contributed by atoms with Crippen LogP contribution < -0.4 is 0 Å². The zero-order chi connectivity index (χ0) is 20.5. The van der Waals surface area contributed by atoms with Crippen LogP contribution >= 0.6 is 22.7 Å². The molecule has 0 unspecified atom stereocenters. The highest BCUT2D eigenvalue weighted by Gasteiger charge is 2.35. The number of carbonyl (C=O) groups is 1. The Morgan fingerprint density at radius 2 is 2.00 bits per heavy atom. The summed E-state index contributed by atoms with van der Waals surface area (Å²) in [7, 11) is 0. The lowest BCUT2D eigenvalue weighted by Crippen LogP contribution is -2.26. The molecular formula is C23H20N4OS2. The Bertz CT molecular complexity index is 1180. The molecule has 0 N–H and O–H groups in total. The number of thiophene rings is 2. The number of nitrogens with zero attached hydrogens (tertiary/aromatic N) is 4. The molecule has 0 bridgehead atoms. The first-order valence-electron chi connectivity index (χ1n) is 9.85. The maximum Gasteiger partial charge on any atom is 0.242 e. The Morgan fingerprint density at radius 3 is 2.70 bits per heavy atom. The topological polar surface area (TPSA) is 50.5 Å². The van der Waals surface area contributed by atoms with Gasteiger partial charge in [0.25, 0.3) is 0 Å². The average Bonchev–Trinajstić information content (AvgIpc) is 3.57. The van der Waals surface area contributed by atoms with Crippen LogP contribution in [0.2, 0.25) is 0 Å². The van der Waals surface area contributed by atoms with Crippen molar-refractivity contribution >= 4 is 34.3 Å². The lowest BCUT2D eigenvalue weighted by Gasteiger charge is -2.21. The van der Waals surface area contributed by atoms with Gasteiger partial charge in [0.1, 0.15) is 0 Å². The zero-order valence-electron chi connectivity index (χ0n) is 16.4. The standard InChI is InChI=1S/C23H20N4OS2/c1-2-22(28)27-20(13-19(24-27)21-9-6-11-30-21)18-14-26(17-7-4-3-5-8-17)25-23(18)16-10-12-29-15-16/h3-12,14-15,20H,2,13H2,1H3/t20-/m1/s1. The van der Waals surface area contributed by atoms with Gasteiger partial charge >= 0.3 is 0 Å². The number of aromatic nitrogens is 2. The molecule has 4 aromatic rings. The summed E-state index contributed by atoms with van der Waals surface area (Å²) in [6, 6.07) is 16.1. The van der Waals surface area contributed by atoms with E-state index < -0.39 is 0 Å². The summed E-state index contributed by atoms with van der Waals surface area (Å²) in [6.45, 7) is 1.88. The van der Waals surface area contributed by atoms with E-state index in [0.29, 0.717) is 12.8 Å². The molecule has 0 aliphatic carbocycles. The van der Waals surface area contributed by atoms with Gasteiger partial charge in [-0.05, 0) is 35.0 Å². The van der Waals surface area contributed by atoms with Gasteiger partial charge in [0.15, 0.2) is 0 Å². The van der Waals surface area contributed by atoms with E-state index in [2.05, 4.69) is 29.1 Å². The van der Waals surface area contributed by atoms with Gasteiger partial charge in [-0.2, -0.15) is 21.5 Å². The summed E-state index contributed by atoms with van der Waals surface area (Å²) < 4.78 is 1.90. The quantitative estimate of drug-likeness (QED) is 0.403. The second kappa shape index (κ2) is 8.01. The molecule has 0 radical (unpaired) electrons. The molecule has 0 fully saturated rings. The second-order valence-corrected chi connectivity index (χ2v) is 8.79. The predicted octanol–water partition coefficient (Wildman–Crippen LogP) is 5.75. The van der Waals surface area contributed by atoms with Crippen LogP contribution in [0.4, 0.5) is 0 Å². The van der Waals surface area contributed by atoms with E-state index in [1.165, 1.54) is 0 Å². The Labute approximate surface area is 182 Å². The average molecular weight is 433 g/mol. The van der Waals surface area contributed by atoms with Crippen molar-refractivity contribution in [3.05, 3.63) is 81.3 Å². The van der Waals surface area contributed by atoms with E-state index in [9.17, 15) is 4.79 Å². The number of amides is 1. The molecular weight excluding hydrogens is 412 g/mol. The minimum Gasteiger partial charge on any atom is -0.273 e. The van der Waals surface area contributed by atoms with E-state index in [0.717, 1.165) is 33.1 Å². The number of hydrogen-bond acceptors (Lipinski definition) is 5. The second-order valence-electron chi connectivity index (χ2n) is 7.06. The third-order valence-electron chi connectivity index (χ3n) is 5.19. The molecule has 1 amide bonds. The van der Waals surface area contributed by atoms with Gasteiger partial charge in [0.05, 0.1) is 28.0 Å². The minimum atomic E-state index is -0.165. The first-order valence-corrected chi connectivity index (χ1v) is 11.7. The van der Waals surface area contributed by atoms with Gasteiger partial charge in [0.2, 0.25) is 5.91 Å². The fourth-order valence-electron chi connectivity index (χ4n) is 3.70. The number of rotatable bonds is 5. The summed E-state index contributed by atoms with van der Waals surface area (Å²) in [5, 5.41) is 17.5. The molecule has 0 spiro atoms. The molecule has 5 nitrogen and oxygen atoms in total. The van der Waals surface area contributed by atoms with Gasteiger partial charge < -0.3 is 0 Å². The normalized spacial score (nSPS) is 16.1. The van der Waals surface area contributed by atoms with Gasteiger partial charge in [-0.25, -0.2) is 9.69 Å².